The summed E-state index contributed by atoms with van der Waals surface area (Å²) in [6, 6.07) is 5.87. The molecule has 2 aromatic heterocycles. The second-order valence-corrected chi connectivity index (χ2v) is 7.11. The predicted molar refractivity (Wildman–Crippen MR) is 104 cm³/mol. The summed E-state index contributed by atoms with van der Waals surface area (Å²) >= 11 is 5.11. The second kappa shape index (κ2) is 8.49. The van der Waals surface area contributed by atoms with Crippen LogP contribution in [0, 0.1) is 17.0 Å². The van der Waals surface area contributed by atoms with Crippen LogP contribution in [0.15, 0.2) is 36.4 Å². The van der Waals surface area contributed by atoms with Gasteiger partial charge in [-0.3, -0.25) is 14.9 Å². The fraction of sp³-hybridized carbons (Fsp3) is 0.278. The lowest BCUT2D eigenvalue weighted by atomic mass is 10.0. The van der Waals surface area contributed by atoms with E-state index in [2.05, 4.69) is 15.4 Å². The molecule has 0 saturated heterocycles. The number of nitrogens with one attached hydrogen (secondary N) is 1. The maximum absolute atomic E-state index is 13.7. The summed E-state index contributed by atoms with van der Waals surface area (Å²) in [5.74, 6) is -0.869. The molecule has 0 bridgehead atoms. The number of aliphatic hydroxyl groups excluding tert-OH is 2. The summed E-state index contributed by atoms with van der Waals surface area (Å²) in [6.07, 6.45) is -1.41. The van der Waals surface area contributed by atoms with Crippen molar-refractivity contribution in [2.24, 2.45) is 0 Å². The summed E-state index contributed by atoms with van der Waals surface area (Å²) in [5, 5.41) is 33.2. The molecule has 1 amide bonds. The molecule has 0 aliphatic rings. The van der Waals surface area contributed by atoms with Crippen LogP contribution >= 0.6 is 11.6 Å². The van der Waals surface area contributed by atoms with E-state index in [-0.39, 0.29) is 28.3 Å². The van der Waals surface area contributed by atoms with Crippen molar-refractivity contribution >= 4 is 28.8 Å². The number of non-ortho nitro benzene ring substituents is 1. The zero-order valence-electron chi connectivity index (χ0n) is 15.9. The Kier molecular flexibility index (Phi) is 6.15. The number of hydrogen-bond acceptors (Lipinski definition) is 7. The van der Waals surface area contributed by atoms with E-state index in [9.17, 15) is 33.9 Å². The van der Waals surface area contributed by atoms with Gasteiger partial charge in [0.05, 0.1) is 17.6 Å². The van der Waals surface area contributed by atoms with Crippen LogP contribution in [0.4, 0.5) is 14.5 Å². The number of carbonyl (C=O) groups excluding carboxylic acids is 1. The zero-order valence-corrected chi connectivity index (χ0v) is 16.6. The molecule has 3 rings (SSSR count). The largest absolute Gasteiger partial charge is 0.394 e. The molecule has 0 aliphatic heterocycles. The Morgan fingerprint density at radius 1 is 1.35 bits per heavy atom. The number of nitro groups is 1. The first kappa shape index (κ1) is 22.5. The van der Waals surface area contributed by atoms with Gasteiger partial charge in [-0.1, -0.05) is 0 Å². The van der Waals surface area contributed by atoms with E-state index in [1.54, 1.807) is 0 Å². The van der Waals surface area contributed by atoms with Crippen LogP contribution in [-0.2, 0) is 5.38 Å². The smallest absolute Gasteiger partial charge is 0.364 e. The number of fused-ring (bicyclic) bond motifs is 1. The number of hydrogen-bond donors (Lipinski definition) is 3. The molecule has 10 nitrogen and oxygen atoms in total. The van der Waals surface area contributed by atoms with Crippen LogP contribution < -0.4 is 5.32 Å². The molecule has 0 spiro atoms. The molecule has 3 N–H and O–H groups in total. The van der Waals surface area contributed by atoms with E-state index < -0.39 is 40.7 Å². The minimum absolute atomic E-state index is 0.0445. The number of aryl methyl sites for hydroxylation is 1. The van der Waals surface area contributed by atoms with E-state index in [0.717, 1.165) is 16.6 Å². The molecule has 2 atom stereocenters. The molecule has 13 heteroatoms. The molecule has 0 saturated carbocycles. The van der Waals surface area contributed by atoms with Crippen LogP contribution in [0.25, 0.3) is 5.65 Å². The molecule has 0 radical (unpaired) electrons. The molecule has 164 valence electrons. The highest BCUT2D eigenvalue weighted by molar-refractivity contribution is 6.21. The van der Waals surface area contributed by atoms with Gasteiger partial charge in [0.15, 0.2) is 11.3 Å². The van der Waals surface area contributed by atoms with Crippen LogP contribution in [-0.4, -0.2) is 48.3 Å². The second-order valence-electron chi connectivity index (χ2n) is 6.64. The predicted octanol–water partition coefficient (Wildman–Crippen LogP) is 2.06. The maximum atomic E-state index is 13.7. The summed E-state index contributed by atoms with van der Waals surface area (Å²) in [5.41, 5.74) is -0.773. The highest BCUT2D eigenvalue weighted by Crippen LogP contribution is 2.32. The van der Waals surface area contributed by atoms with Gasteiger partial charge in [-0.25, -0.2) is 9.50 Å². The lowest BCUT2D eigenvalue weighted by molar-refractivity contribution is -0.384. The molecule has 3 aromatic rings. The topological polar surface area (TPSA) is 143 Å². The number of aliphatic hydroxyl groups is 2. The van der Waals surface area contributed by atoms with Gasteiger partial charge >= 0.3 is 5.38 Å². The first-order chi connectivity index (χ1) is 14.5. The molecular formula is C18H16ClF2N5O5. The van der Waals surface area contributed by atoms with E-state index in [0.29, 0.717) is 0 Å². The number of rotatable bonds is 7. The lowest BCUT2D eigenvalue weighted by Gasteiger charge is -2.22. The van der Waals surface area contributed by atoms with E-state index in [4.69, 9.17) is 11.6 Å². The Bertz CT molecular complexity index is 1130. The third-order valence-electron chi connectivity index (χ3n) is 4.42. The van der Waals surface area contributed by atoms with Gasteiger partial charge in [0.1, 0.15) is 11.8 Å². The summed E-state index contributed by atoms with van der Waals surface area (Å²) in [7, 11) is 0. The van der Waals surface area contributed by atoms with Crippen molar-refractivity contribution < 1.29 is 28.7 Å². The number of nitro benzene ring substituents is 1. The third-order valence-corrected chi connectivity index (χ3v) is 4.61. The van der Waals surface area contributed by atoms with Crippen molar-refractivity contribution in [1.29, 1.82) is 0 Å². The fourth-order valence-corrected chi connectivity index (χ4v) is 3.04. The number of benzene rings is 1. The van der Waals surface area contributed by atoms with Gasteiger partial charge in [0, 0.05) is 23.9 Å². The number of alkyl halides is 3. The van der Waals surface area contributed by atoms with Crippen LogP contribution in [0.5, 0.6) is 0 Å². The van der Waals surface area contributed by atoms with Gasteiger partial charge < -0.3 is 15.5 Å². The average molecular weight is 456 g/mol. The normalized spacial score (nSPS) is 13.7. The molecule has 0 aliphatic carbocycles. The average Bonchev–Trinajstić information content (AvgIpc) is 3.14. The number of halogens is 3. The molecule has 2 heterocycles. The van der Waals surface area contributed by atoms with Crippen molar-refractivity contribution in [2.75, 3.05) is 6.61 Å². The summed E-state index contributed by atoms with van der Waals surface area (Å²) < 4.78 is 28.1. The van der Waals surface area contributed by atoms with Crippen LogP contribution in [0.3, 0.4) is 0 Å². The summed E-state index contributed by atoms with van der Waals surface area (Å²) in [4.78, 5) is 26.7. The fourth-order valence-electron chi connectivity index (χ4n) is 2.91. The van der Waals surface area contributed by atoms with Gasteiger partial charge in [-0.2, -0.15) is 13.9 Å². The lowest BCUT2D eigenvalue weighted by Crippen LogP contribution is -2.42. The molecular weight excluding hydrogens is 440 g/mol. The molecule has 2 unspecified atom stereocenters. The van der Waals surface area contributed by atoms with Crippen molar-refractivity contribution in [3.63, 3.8) is 0 Å². The Balaban J connectivity index is 1.85. The Hall–Kier alpha value is -3.22. The summed E-state index contributed by atoms with van der Waals surface area (Å²) in [6.45, 7) is 0.793. The SMILES string of the molecule is Cc1cc(C(F)(F)Cl)n2nc(C(=O)NC(CO)C(O)c3ccc([N+](=O)[O-])cc3)cc2n1. The van der Waals surface area contributed by atoms with Crippen molar-refractivity contribution in [3.8, 4) is 0 Å². The van der Waals surface area contributed by atoms with Crippen LogP contribution in [0.1, 0.15) is 33.5 Å². The quantitative estimate of drug-likeness (QED) is 0.281. The molecule has 0 fully saturated rings. The van der Waals surface area contributed by atoms with E-state index in [1.165, 1.54) is 31.2 Å². The van der Waals surface area contributed by atoms with E-state index >= 15 is 0 Å². The number of amides is 1. The minimum Gasteiger partial charge on any atom is -0.394 e. The highest BCUT2D eigenvalue weighted by atomic mass is 35.5. The number of nitrogens with zero attached hydrogens (tertiary/aromatic N) is 4. The maximum Gasteiger partial charge on any atom is 0.364 e. The first-order valence-corrected chi connectivity index (χ1v) is 9.18. The van der Waals surface area contributed by atoms with Crippen molar-refractivity contribution in [1.82, 2.24) is 19.9 Å². The van der Waals surface area contributed by atoms with Gasteiger partial charge in [-0.05, 0) is 42.3 Å². The standard InChI is InChI=1S/C18H16ClF2N5O5/c1-9-6-14(18(19,20)21)25-15(22-9)7-12(24-25)17(29)23-13(8-27)16(28)10-2-4-11(5-3-10)26(30)31/h2-7,13,16,27-28H,8H2,1H3,(H,23,29). The Labute approximate surface area is 178 Å². The third kappa shape index (κ3) is 4.76. The minimum atomic E-state index is -3.76. The van der Waals surface area contributed by atoms with Crippen LogP contribution in [0.2, 0.25) is 0 Å². The zero-order chi connectivity index (χ0) is 22.9. The Morgan fingerprint density at radius 3 is 2.55 bits per heavy atom. The number of carbonyl (C=O) groups is 1. The molecule has 31 heavy (non-hydrogen) atoms. The monoisotopic (exact) mass is 455 g/mol. The molecule has 1 aromatic carbocycles. The van der Waals surface area contributed by atoms with E-state index in [1.807, 2.05) is 0 Å². The first-order valence-electron chi connectivity index (χ1n) is 8.80. The van der Waals surface area contributed by atoms with Crippen molar-refractivity contribution in [3.05, 3.63) is 69.2 Å². The van der Waals surface area contributed by atoms with Gasteiger partial charge in [-0.15, -0.1) is 0 Å². The van der Waals surface area contributed by atoms with Gasteiger partial charge in [0.2, 0.25) is 0 Å². The Morgan fingerprint density at radius 2 is 2.00 bits per heavy atom. The number of aromatic nitrogens is 3. The van der Waals surface area contributed by atoms with Gasteiger partial charge in [0.25, 0.3) is 11.6 Å². The van der Waals surface area contributed by atoms with Crippen molar-refractivity contribution in [2.45, 2.75) is 24.5 Å². The highest BCUT2D eigenvalue weighted by Gasteiger charge is 2.33.